The maximum atomic E-state index is 13.0. The highest BCUT2D eigenvalue weighted by Gasteiger charge is 2.45. The first-order valence-electron chi connectivity index (χ1n) is 10.5. The molecular formula is C20H28F3N3O6. The van der Waals surface area contributed by atoms with Crippen LogP contribution >= 0.6 is 0 Å². The highest BCUT2D eigenvalue weighted by Crippen LogP contribution is 2.36. The molecule has 32 heavy (non-hydrogen) atoms. The zero-order valence-electron chi connectivity index (χ0n) is 18.1. The largest absolute Gasteiger partial charge is 0.490 e. The lowest BCUT2D eigenvalue weighted by molar-refractivity contribution is -0.192. The third kappa shape index (κ3) is 5.78. The Morgan fingerprint density at radius 2 is 1.78 bits per heavy atom. The molecule has 1 aromatic heterocycles. The number of carbonyl (C=O) groups is 2. The van der Waals surface area contributed by atoms with E-state index in [1.165, 1.54) is 5.56 Å². The van der Waals surface area contributed by atoms with Crippen LogP contribution in [0.4, 0.5) is 13.2 Å². The number of rotatable bonds is 3. The second-order valence-electron chi connectivity index (χ2n) is 8.31. The number of ether oxygens (including phenoxy) is 2. The van der Waals surface area contributed by atoms with Gasteiger partial charge in [-0.15, -0.1) is 0 Å². The van der Waals surface area contributed by atoms with Gasteiger partial charge in [-0.1, -0.05) is 5.16 Å². The van der Waals surface area contributed by atoms with Crippen LogP contribution in [0.1, 0.15) is 17.0 Å². The molecule has 0 radical (unpaired) electrons. The van der Waals surface area contributed by atoms with Gasteiger partial charge in [-0.3, -0.25) is 9.69 Å². The van der Waals surface area contributed by atoms with Gasteiger partial charge in [0.2, 0.25) is 5.91 Å². The Morgan fingerprint density at radius 3 is 2.34 bits per heavy atom. The number of aliphatic carboxylic acids is 1. The molecule has 0 aliphatic carbocycles. The summed E-state index contributed by atoms with van der Waals surface area (Å²) in [5, 5.41) is 11.2. The SMILES string of the molecule is Cc1noc(C)c1CN1C[C@@H]2COC[C@H](C(=O)N3CCOCC3)[C@@H]2C1.O=C(O)C(F)(F)F. The fourth-order valence-electron chi connectivity index (χ4n) is 4.44. The van der Waals surface area contributed by atoms with Gasteiger partial charge in [0.15, 0.2) is 0 Å². The predicted octanol–water partition coefficient (Wildman–Crippen LogP) is 1.48. The highest BCUT2D eigenvalue weighted by molar-refractivity contribution is 5.79. The molecule has 180 valence electrons. The number of hydrogen-bond donors (Lipinski definition) is 1. The average molecular weight is 463 g/mol. The number of amides is 1. The minimum atomic E-state index is -5.08. The molecule has 0 unspecified atom stereocenters. The molecule has 3 aliphatic heterocycles. The van der Waals surface area contributed by atoms with Crippen LogP contribution in [-0.2, 0) is 25.6 Å². The van der Waals surface area contributed by atoms with Crippen molar-refractivity contribution in [2.24, 2.45) is 17.8 Å². The van der Waals surface area contributed by atoms with Crippen LogP contribution in [-0.4, -0.2) is 90.7 Å². The number of fused-ring (bicyclic) bond motifs is 1. The minimum absolute atomic E-state index is 0.0217. The van der Waals surface area contributed by atoms with Crippen molar-refractivity contribution >= 4 is 11.9 Å². The van der Waals surface area contributed by atoms with Gasteiger partial charge in [-0.05, 0) is 25.7 Å². The Morgan fingerprint density at radius 1 is 1.12 bits per heavy atom. The maximum Gasteiger partial charge on any atom is 0.490 e. The molecule has 0 spiro atoms. The van der Waals surface area contributed by atoms with E-state index in [2.05, 4.69) is 10.1 Å². The maximum absolute atomic E-state index is 13.0. The van der Waals surface area contributed by atoms with Gasteiger partial charge in [0.05, 0.1) is 38.0 Å². The van der Waals surface area contributed by atoms with Gasteiger partial charge >= 0.3 is 12.1 Å². The van der Waals surface area contributed by atoms with Crippen LogP contribution in [0.15, 0.2) is 4.52 Å². The van der Waals surface area contributed by atoms with E-state index in [-0.39, 0.29) is 11.8 Å². The number of aromatic nitrogens is 1. The smallest absolute Gasteiger partial charge is 0.475 e. The quantitative estimate of drug-likeness (QED) is 0.719. The number of halogens is 3. The zero-order chi connectivity index (χ0) is 23.5. The normalized spacial score (nSPS) is 26.3. The molecule has 1 amide bonds. The number of carboxylic acids is 1. The first-order valence-corrected chi connectivity index (χ1v) is 10.5. The van der Waals surface area contributed by atoms with Gasteiger partial charge in [-0.2, -0.15) is 13.2 Å². The van der Waals surface area contributed by atoms with Crippen molar-refractivity contribution in [2.75, 3.05) is 52.6 Å². The molecule has 9 nitrogen and oxygen atoms in total. The zero-order valence-corrected chi connectivity index (χ0v) is 18.1. The van der Waals surface area contributed by atoms with E-state index in [1.54, 1.807) is 0 Å². The number of alkyl halides is 3. The van der Waals surface area contributed by atoms with Crippen molar-refractivity contribution in [3.8, 4) is 0 Å². The molecule has 1 aromatic rings. The van der Waals surface area contributed by atoms with Crippen LogP contribution in [0.3, 0.4) is 0 Å². The summed E-state index contributed by atoms with van der Waals surface area (Å²) in [6.45, 7) is 10.7. The summed E-state index contributed by atoms with van der Waals surface area (Å²) in [5.74, 6) is -0.824. The Labute approximate surface area is 183 Å². The van der Waals surface area contributed by atoms with Gasteiger partial charge in [0.1, 0.15) is 5.76 Å². The molecule has 3 fully saturated rings. The van der Waals surface area contributed by atoms with Crippen molar-refractivity contribution < 1.29 is 41.9 Å². The fourth-order valence-corrected chi connectivity index (χ4v) is 4.44. The van der Waals surface area contributed by atoms with E-state index in [0.29, 0.717) is 44.7 Å². The lowest BCUT2D eigenvalue weighted by Gasteiger charge is -2.36. The molecule has 0 aromatic carbocycles. The van der Waals surface area contributed by atoms with Gasteiger partial charge < -0.3 is 24.0 Å². The van der Waals surface area contributed by atoms with Crippen molar-refractivity contribution in [1.29, 1.82) is 0 Å². The lowest BCUT2D eigenvalue weighted by atomic mass is 9.82. The summed E-state index contributed by atoms with van der Waals surface area (Å²) in [4.78, 5) is 26.3. The van der Waals surface area contributed by atoms with Gasteiger partial charge in [0.25, 0.3) is 0 Å². The van der Waals surface area contributed by atoms with Crippen molar-refractivity contribution in [2.45, 2.75) is 26.6 Å². The summed E-state index contributed by atoms with van der Waals surface area (Å²) < 4.78 is 48.2. The van der Waals surface area contributed by atoms with E-state index in [1.807, 2.05) is 18.7 Å². The molecular weight excluding hydrogens is 435 g/mol. The summed E-state index contributed by atoms with van der Waals surface area (Å²) in [7, 11) is 0. The molecule has 3 saturated heterocycles. The molecule has 1 N–H and O–H groups in total. The van der Waals surface area contributed by atoms with E-state index >= 15 is 0 Å². The summed E-state index contributed by atoms with van der Waals surface area (Å²) >= 11 is 0. The van der Waals surface area contributed by atoms with Crippen molar-refractivity contribution in [3.05, 3.63) is 17.0 Å². The molecule has 3 atom stereocenters. The number of aryl methyl sites for hydroxylation is 2. The van der Waals surface area contributed by atoms with Crippen LogP contribution in [0.25, 0.3) is 0 Å². The van der Waals surface area contributed by atoms with Crippen LogP contribution in [0.5, 0.6) is 0 Å². The molecule has 3 aliphatic rings. The third-order valence-corrected chi connectivity index (χ3v) is 6.16. The van der Waals surface area contributed by atoms with E-state index in [4.69, 9.17) is 23.9 Å². The number of hydrogen-bond acceptors (Lipinski definition) is 7. The Hall–Kier alpha value is -2.18. The molecule has 4 rings (SSSR count). The van der Waals surface area contributed by atoms with Crippen LogP contribution in [0.2, 0.25) is 0 Å². The molecule has 0 saturated carbocycles. The number of carbonyl (C=O) groups excluding carboxylic acids is 1. The van der Waals surface area contributed by atoms with Gasteiger partial charge in [-0.25, -0.2) is 4.79 Å². The minimum Gasteiger partial charge on any atom is -0.475 e. The summed E-state index contributed by atoms with van der Waals surface area (Å²) in [6, 6.07) is 0. The average Bonchev–Trinajstić information content (AvgIpc) is 3.31. The van der Waals surface area contributed by atoms with Crippen LogP contribution < -0.4 is 0 Å². The predicted molar refractivity (Wildman–Crippen MR) is 104 cm³/mol. The second-order valence-corrected chi connectivity index (χ2v) is 8.31. The van der Waals surface area contributed by atoms with Gasteiger partial charge in [0, 0.05) is 38.3 Å². The fraction of sp³-hybridized carbons (Fsp3) is 0.750. The molecule has 0 bridgehead atoms. The summed E-state index contributed by atoms with van der Waals surface area (Å²) in [5.41, 5.74) is 2.14. The topological polar surface area (TPSA) is 105 Å². The summed E-state index contributed by atoms with van der Waals surface area (Å²) in [6.07, 6.45) is -5.08. The Kier molecular flexibility index (Phi) is 7.78. The molecule has 12 heteroatoms. The monoisotopic (exact) mass is 463 g/mol. The Bertz CT molecular complexity index is 789. The van der Waals surface area contributed by atoms with Crippen molar-refractivity contribution in [1.82, 2.24) is 15.0 Å². The Balaban J connectivity index is 0.000000360. The van der Waals surface area contributed by atoms with Crippen LogP contribution in [0, 0.1) is 31.6 Å². The number of carboxylic acid groups (broad SMARTS) is 1. The molecule has 4 heterocycles. The number of morpholine rings is 1. The highest BCUT2D eigenvalue weighted by atomic mass is 19.4. The van der Waals surface area contributed by atoms with Crippen molar-refractivity contribution in [3.63, 3.8) is 0 Å². The van der Waals surface area contributed by atoms with E-state index in [9.17, 15) is 18.0 Å². The lowest BCUT2D eigenvalue weighted by Crippen LogP contribution is -2.49. The number of nitrogens with zero attached hydrogens (tertiary/aromatic N) is 3. The third-order valence-electron chi connectivity index (χ3n) is 6.16. The second kappa shape index (κ2) is 10.2. The standard InChI is InChI=1S/C18H27N3O4.C2HF3O2/c1-12-15(13(2)25-19-12)8-20-7-14-10-24-11-17(16(14)9-20)18(22)21-3-5-23-6-4-21;3-2(4,5)1(6)7/h14,16-17H,3-11H2,1-2H3;(H,6,7)/t14-,16-,17+;/m1./s1. The first-order chi connectivity index (χ1) is 15.1. The number of likely N-dealkylation sites (tertiary alicyclic amines) is 1. The first kappa shape index (κ1) is 24.5. The van der Waals surface area contributed by atoms with E-state index < -0.39 is 12.1 Å². The van der Waals surface area contributed by atoms with E-state index in [0.717, 1.165) is 37.7 Å².